The topological polar surface area (TPSA) is 55.4 Å². The summed E-state index contributed by atoms with van der Waals surface area (Å²) >= 11 is 0. The number of hydrogen-bond donors (Lipinski definition) is 1. The van der Waals surface area contributed by atoms with E-state index in [9.17, 15) is 8.42 Å². The molecule has 0 aliphatic heterocycles. The summed E-state index contributed by atoms with van der Waals surface area (Å²) in [4.78, 5) is 0. The first-order valence-corrected chi connectivity index (χ1v) is 9.27. The summed E-state index contributed by atoms with van der Waals surface area (Å²) in [5.74, 6) is 0.878. The summed E-state index contributed by atoms with van der Waals surface area (Å²) in [6.45, 7) is 7.43. The van der Waals surface area contributed by atoms with Gasteiger partial charge in [-0.25, -0.2) is 8.42 Å². The average Bonchev–Trinajstić information content (AvgIpc) is 2.39. The molecule has 1 aromatic rings. The van der Waals surface area contributed by atoms with E-state index in [1.165, 1.54) is 6.26 Å². The van der Waals surface area contributed by atoms with Crippen molar-refractivity contribution in [2.24, 2.45) is 0 Å². The normalized spacial score (nSPS) is 12.4. The zero-order valence-corrected chi connectivity index (χ0v) is 14.3. The molecule has 0 aliphatic rings. The molecule has 0 amide bonds. The quantitative estimate of drug-likeness (QED) is 0.712. The van der Waals surface area contributed by atoms with Crippen LogP contribution < -0.4 is 10.1 Å². The molecule has 0 unspecified atom stereocenters. The van der Waals surface area contributed by atoms with Crippen molar-refractivity contribution in [2.45, 2.75) is 44.9 Å². The molecule has 0 saturated carbocycles. The van der Waals surface area contributed by atoms with E-state index in [-0.39, 0.29) is 0 Å². The number of sulfone groups is 1. The molecule has 21 heavy (non-hydrogen) atoms. The third kappa shape index (κ3) is 6.06. The van der Waals surface area contributed by atoms with E-state index in [2.05, 4.69) is 12.2 Å². The fourth-order valence-electron chi connectivity index (χ4n) is 1.68. The molecule has 0 bridgehead atoms. The smallest absolute Gasteiger partial charge is 0.153 e. The highest BCUT2D eigenvalue weighted by Gasteiger charge is 2.29. The maximum atomic E-state index is 11.6. The van der Waals surface area contributed by atoms with Crippen molar-refractivity contribution in [3.05, 3.63) is 29.8 Å². The monoisotopic (exact) mass is 313 g/mol. The molecule has 4 nitrogen and oxygen atoms in total. The van der Waals surface area contributed by atoms with Crippen LogP contribution in [0.25, 0.3) is 0 Å². The lowest BCUT2D eigenvalue weighted by molar-refractivity contribution is 0.309. The number of ether oxygens (including phenoxy) is 1. The highest BCUT2D eigenvalue weighted by Crippen LogP contribution is 2.15. The molecule has 0 saturated heterocycles. The van der Waals surface area contributed by atoms with Crippen LogP contribution in [0.1, 0.15) is 39.2 Å². The molecule has 0 fully saturated rings. The van der Waals surface area contributed by atoms with Gasteiger partial charge in [-0.3, -0.25) is 0 Å². The van der Waals surface area contributed by atoms with Gasteiger partial charge in [0.1, 0.15) is 5.75 Å². The van der Waals surface area contributed by atoms with Gasteiger partial charge in [-0.2, -0.15) is 0 Å². The number of rotatable bonds is 9. The first kappa shape index (κ1) is 18.0. The van der Waals surface area contributed by atoms with Gasteiger partial charge in [0, 0.05) is 19.3 Å². The Bertz CT molecular complexity index is 521. The molecule has 120 valence electrons. The maximum Gasteiger partial charge on any atom is 0.153 e. The van der Waals surface area contributed by atoms with Gasteiger partial charge in [-0.05, 0) is 38.0 Å². The van der Waals surface area contributed by atoms with Gasteiger partial charge in [0.25, 0.3) is 0 Å². The van der Waals surface area contributed by atoms with Crippen molar-refractivity contribution in [2.75, 3.05) is 19.4 Å². The number of unbranched alkanes of at least 4 members (excludes halogenated alkanes) is 1. The van der Waals surface area contributed by atoms with Gasteiger partial charge in [0.2, 0.25) is 0 Å². The Labute approximate surface area is 128 Å². The van der Waals surface area contributed by atoms with Gasteiger partial charge >= 0.3 is 0 Å². The van der Waals surface area contributed by atoms with Crippen LogP contribution in [0, 0.1) is 0 Å². The third-order valence-corrected chi connectivity index (χ3v) is 5.73. The summed E-state index contributed by atoms with van der Waals surface area (Å²) in [6, 6.07) is 7.91. The van der Waals surface area contributed by atoms with Crippen LogP contribution in [-0.2, 0) is 16.4 Å². The van der Waals surface area contributed by atoms with Crippen LogP contribution in [-0.4, -0.2) is 32.6 Å². The minimum absolute atomic E-state index is 0.431. The van der Waals surface area contributed by atoms with E-state index < -0.39 is 14.6 Å². The lowest BCUT2D eigenvalue weighted by Gasteiger charge is -2.22. The minimum atomic E-state index is -3.06. The lowest BCUT2D eigenvalue weighted by atomic mass is 10.2. The van der Waals surface area contributed by atoms with Crippen molar-refractivity contribution in [1.82, 2.24) is 5.32 Å². The Morgan fingerprint density at radius 1 is 1.19 bits per heavy atom. The van der Waals surface area contributed by atoms with Gasteiger partial charge in [-0.15, -0.1) is 0 Å². The van der Waals surface area contributed by atoms with E-state index in [1.54, 1.807) is 13.8 Å². The van der Waals surface area contributed by atoms with Crippen molar-refractivity contribution in [3.8, 4) is 5.75 Å². The summed E-state index contributed by atoms with van der Waals surface area (Å²) in [5.41, 5.74) is 1.11. The van der Waals surface area contributed by atoms with Crippen LogP contribution in [0.4, 0.5) is 0 Å². The van der Waals surface area contributed by atoms with Crippen LogP contribution >= 0.6 is 0 Å². The van der Waals surface area contributed by atoms with Crippen molar-refractivity contribution >= 4 is 9.84 Å². The summed E-state index contributed by atoms with van der Waals surface area (Å²) in [5, 5.41) is 3.20. The molecular formula is C16H27NO3S. The fourth-order valence-corrected chi connectivity index (χ4v) is 2.04. The lowest BCUT2D eigenvalue weighted by Crippen LogP contribution is -2.41. The van der Waals surface area contributed by atoms with Gasteiger partial charge < -0.3 is 10.1 Å². The van der Waals surface area contributed by atoms with Gasteiger partial charge in [-0.1, -0.05) is 25.5 Å². The fraction of sp³-hybridized carbons (Fsp3) is 0.625. The molecule has 1 rings (SSSR count). The number of benzene rings is 1. The maximum absolute atomic E-state index is 11.6. The number of nitrogens with one attached hydrogen (secondary N) is 1. The van der Waals surface area contributed by atoms with Crippen molar-refractivity contribution < 1.29 is 13.2 Å². The predicted octanol–water partition coefficient (Wildman–Crippen LogP) is 2.78. The Kier molecular flexibility index (Phi) is 6.68. The predicted molar refractivity (Wildman–Crippen MR) is 87.5 cm³/mol. The molecule has 0 radical (unpaired) electrons. The second-order valence-corrected chi connectivity index (χ2v) is 8.63. The van der Waals surface area contributed by atoms with Crippen molar-refractivity contribution in [1.29, 1.82) is 0 Å². The summed E-state index contributed by atoms with van der Waals surface area (Å²) in [6.07, 6.45) is 3.46. The zero-order valence-electron chi connectivity index (χ0n) is 13.5. The van der Waals surface area contributed by atoms with Crippen molar-refractivity contribution in [3.63, 3.8) is 0 Å². The van der Waals surface area contributed by atoms with Crippen LogP contribution in [0.15, 0.2) is 24.3 Å². The molecule has 0 atom stereocenters. The van der Waals surface area contributed by atoms with E-state index in [1.807, 2.05) is 24.3 Å². The molecular weight excluding hydrogens is 286 g/mol. The first-order chi connectivity index (χ1) is 9.76. The zero-order chi connectivity index (χ0) is 15.9. The first-order valence-electron chi connectivity index (χ1n) is 7.38. The second kappa shape index (κ2) is 7.80. The second-order valence-electron chi connectivity index (χ2n) is 5.98. The molecule has 0 heterocycles. The molecule has 5 heteroatoms. The van der Waals surface area contributed by atoms with Crippen LogP contribution in [0.3, 0.4) is 0 Å². The SMILES string of the molecule is CCCCOc1ccc(CNCC(C)(C)S(C)(=O)=O)cc1. The summed E-state index contributed by atoms with van der Waals surface area (Å²) in [7, 11) is -3.06. The molecule has 0 aliphatic carbocycles. The summed E-state index contributed by atoms with van der Waals surface area (Å²) < 4.78 is 28.1. The van der Waals surface area contributed by atoms with E-state index in [4.69, 9.17) is 4.74 Å². The molecule has 1 aromatic carbocycles. The van der Waals surface area contributed by atoms with E-state index in [0.29, 0.717) is 13.1 Å². The third-order valence-electron chi connectivity index (χ3n) is 3.57. The van der Waals surface area contributed by atoms with E-state index in [0.717, 1.165) is 30.8 Å². The molecule has 0 spiro atoms. The Morgan fingerprint density at radius 3 is 2.33 bits per heavy atom. The highest BCUT2D eigenvalue weighted by atomic mass is 32.2. The Morgan fingerprint density at radius 2 is 1.81 bits per heavy atom. The van der Waals surface area contributed by atoms with Gasteiger partial charge in [0.15, 0.2) is 9.84 Å². The van der Waals surface area contributed by atoms with Crippen LogP contribution in [0.2, 0.25) is 0 Å². The Balaban J connectivity index is 2.43. The largest absolute Gasteiger partial charge is 0.494 e. The van der Waals surface area contributed by atoms with Gasteiger partial charge in [0.05, 0.1) is 11.4 Å². The molecule has 1 N–H and O–H groups in total. The highest BCUT2D eigenvalue weighted by molar-refractivity contribution is 7.92. The standard InChI is InChI=1S/C16H27NO3S/c1-5-6-11-20-15-9-7-14(8-10-15)12-17-13-16(2,3)21(4,18)19/h7-10,17H,5-6,11-13H2,1-4H3. The molecule has 0 aromatic heterocycles. The van der Waals surface area contributed by atoms with E-state index >= 15 is 0 Å². The minimum Gasteiger partial charge on any atom is -0.494 e. The Hall–Kier alpha value is -1.07. The average molecular weight is 313 g/mol. The number of hydrogen-bond acceptors (Lipinski definition) is 4. The van der Waals surface area contributed by atoms with Crippen LogP contribution in [0.5, 0.6) is 5.75 Å².